The smallest absolute Gasteiger partial charge is 0.137 e. The zero-order valence-corrected chi connectivity index (χ0v) is 11.0. The van der Waals surface area contributed by atoms with Gasteiger partial charge in [-0.1, -0.05) is 6.92 Å². The van der Waals surface area contributed by atoms with Crippen molar-refractivity contribution in [2.45, 2.75) is 45.1 Å². The van der Waals surface area contributed by atoms with Gasteiger partial charge in [-0.15, -0.1) is 0 Å². The highest BCUT2D eigenvalue weighted by Gasteiger charge is 2.27. The Balaban J connectivity index is 2.25. The van der Waals surface area contributed by atoms with Gasteiger partial charge < -0.3 is 15.7 Å². The Labute approximate surface area is 108 Å². The van der Waals surface area contributed by atoms with Crippen LogP contribution in [0.25, 0.3) is 0 Å². The third-order valence-electron chi connectivity index (χ3n) is 3.65. The second-order valence-electron chi connectivity index (χ2n) is 4.77. The summed E-state index contributed by atoms with van der Waals surface area (Å²) in [5.41, 5.74) is 6.96. The Morgan fingerprint density at radius 2 is 2.22 bits per heavy atom. The molecule has 1 aromatic rings. The topological polar surface area (TPSA) is 75.3 Å². The Bertz CT molecular complexity index is 393. The van der Waals surface area contributed by atoms with Crippen LogP contribution in [0.4, 0.5) is 11.6 Å². The third-order valence-corrected chi connectivity index (χ3v) is 3.65. The molecule has 18 heavy (non-hydrogen) atoms. The number of aromatic nitrogens is 2. The van der Waals surface area contributed by atoms with Gasteiger partial charge in [0, 0.05) is 24.8 Å². The summed E-state index contributed by atoms with van der Waals surface area (Å²) >= 11 is 0. The van der Waals surface area contributed by atoms with Crippen LogP contribution in [0, 0.1) is 0 Å². The van der Waals surface area contributed by atoms with Crippen LogP contribution in [-0.2, 0) is 6.42 Å². The summed E-state index contributed by atoms with van der Waals surface area (Å²) in [5.74, 6) is 1.54. The molecular weight excluding hydrogens is 228 g/mol. The lowest BCUT2D eigenvalue weighted by Gasteiger charge is -2.39. The molecule has 0 radical (unpaired) electrons. The largest absolute Gasteiger partial charge is 0.396 e. The molecule has 0 aromatic carbocycles. The molecule has 100 valence electrons. The second kappa shape index (κ2) is 6.00. The standard InChI is InChI=1S/C13H22N4O/c1-2-11-12(14)15-9-16-13(11)17(7-4-8-18)10-5-3-6-10/h9-10,18H,2-8H2,1H3,(H2,14,15,16). The van der Waals surface area contributed by atoms with E-state index >= 15 is 0 Å². The fraction of sp³-hybridized carbons (Fsp3) is 0.692. The van der Waals surface area contributed by atoms with E-state index in [1.165, 1.54) is 25.6 Å². The zero-order valence-electron chi connectivity index (χ0n) is 11.0. The summed E-state index contributed by atoms with van der Waals surface area (Å²) < 4.78 is 0. The van der Waals surface area contributed by atoms with E-state index in [-0.39, 0.29) is 6.61 Å². The maximum atomic E-state index is 9.03. The van der Waals surface area contributed by atoms with E-state index < -0.39 is 0 Å². The molecule has 0 bridgehead atoms. The number of hydrogen-bond acceptors (Lipinski definition) is 5. The lowest BCUT2D eigenvalue weighted by molar-refractivity contribution is 0.282. The van der Waals surface area contributed by atoms with Crippen molar-refractivity contribution in [3.8, 4) is 0 Å². The number of aliphatic hydroxyl groups excluding tert-OH is 1. The van der Waals surface area contributed by atoms with Crippen molar-refractivity contribution >= 4 is 11.6 Å². The van der Waals surface area contributed by atoms with Crippen molar-refractivity contribution in [2.24, 2.45) is 0 Å². The molecule has 2 rings (SSSR count). The number of rotatable bonds is 6. The molecule has 0 spiro atoms. The molecule has 0 saturated heterocycles. The Morgan fingerprint density at radius 1 is 1.44 bits per heavy atom. The van der Waals surface area contributed by atoms with E-state index in [2.05, 4.69) is 21.8 Å². The van der Waals surface area contributed by atoms with Gasteiger partial charge in [-0.3, -0.25) is 0 Å². The normalized spacial score (nSPS) is 15.4. The lowest BCUT2D eigenvalue weighted by atomic mass is 9.91. The van der Waals surface area contributed by atoms with Crippen LogP contribution < -0.4 is 10.6 Å². The highest BCUT2D eigenvalue weighted by molar-refractivity contribution is 5.57. The molecule has 1 aromatic heterocycles. The van der Waals surface area contributed by atoms with Crippen LogP contribution in [0.2, 0.25) is 0 Å². The van der Waals surface area contributed by atoms with Gasteiger partial charge in [0.15, 0.2) is 0 Å². The van der Waals surface area contributed by atoms with Gasteiger partial charge in [-0.2, -0.15) is 0 Å². The van der Waals surface area contributed by atoms with Crippen molar-refractivity contribution in [1.82, 2.24) is 9.97 Å². The monoisotopic (exact) mass is 250 g/mol. The zero-order chi connectivity index (χ0) is 13.0. The minimum atomic E-state index is 0.214. The number of nitrogen functional groups attached to an aromatic ring is 1. The Morgan fingerprint density at radius 3 is 2.78 bits per heavy atom. The number of hydrogen-bond donors (Lipinski definition) is 2. The first-order valence-corrected chi connectivity index (χ1v) is 6.74. The van der Waals surface area contributed by atoms with E-state index in [4.69, 9.17) is 10.8 Å². The summed E-state index contributed by atoms with van der Waals surface area (Å²) in [6.07, 6.45) is 6.83. The van der Waals surface area contributed by atoms with E-state index in [1.54, 1.807) is 0 Å². The maximum Gasteiger partial charge on any atom is 0.137 e. The van der Waals surface area contributed by atoms with E-state index in [1.807, 2.05) is 0 Å². The molecule has 3 N–H and O–H groups in total. The highest BCUT2D eigenvalue weighted by Crippen LogP contribution is 2.31. The summed E-state index contributed by atoms with van der Waals surface area (Å²) in [4.78, 5) is 10.8. The number of aliphatic hydroxyl groups is 1. The van der Waals surface area contributed by atoms with Crippen LogP contribution in [-0.4, -0.2) is 34.3 Å². The van der Waals surface area contributed by atoms with Gasteiger partial charge in [0.25, 0.3) is 0 Å². The fourth-order valence-corrected chi connectivity index (χ4v) is 2.40. The van der Waals surface area contributed by atoms with Gasteiger partial charge in [-0.05, 0) is 32.1 Å². The average Bonchev–Trinajstić information content (AvgIpc) is 2.31. The van der Waals surface area contributed by atoms with Crippen LogP contribution in [0.3, 0.4) is 0 Å². The van der Waals surface area contributed by atoms with Crippen molar-refractivity contribution in [2.75, 3.05) is 23.8 Å². The van der Waals surface area contributed by atoms with Crippen molar-refractivity contribution in [1.29, 1.82) is 0 Å². The van der Waals surface area contributed by atoms with Gasteiger partial charge in [0.05, 0.1) is 0 Å². The number of nitrogens with zero attached hydrogens (tertiary/aromatic N) is 3. The molecule has 1 fully saturated rings. The summed E-state index contributed by atoms with van der Waals surface area (Å²) in [7, 11) is 0. The molecule has 0 unspecified atom stereocenters. The molecule has 1 aliphatic carbocycles. The number of nitrogens with two attached hydrogens (primary N) is 1. The SMILES string of the molecule is CCc1c(N)ncnc1N(CCCO)C1CCC1. The van der Waals surface area contributed by atoms with E-state index in [0.29, 0.717) is 11.9 Å². The second-order valence-corrected chi connectivity index (χ2v) is 4.77. The van der Waals surface area contributed by atoms with Crippen LogP contribution in [0.15, 0.2) is 6.33 Å². The first kappa shape index (κ1) is 13.1. The van der Waals surface area contributed by atoms with Crippen molar-refractivity contribution in [3.05, 3.63) is 11.9 Å². The van der Waals surface area contributed by atoms with Gasteiger partial charge >= 0.3 is 0 Å². The fourth-order valence-electron chi connectivity index (χ4n) is 2.40. The quantitative estimate of drug-likeness (QED) is 0.797. The van der Waals surface area contributed by atoms with Crippen LogP contribution in [0.5, 0.6) is 0 Å². The van der Waals surface area contributed by atoms with Crippen molar-refractivity contribution in [3.63, 3.8) is 0 Å². The van der Waals surface area contributed by atoms with E-state index in [0.717, 1.165) is 30.8 Å². The molecule has 5 heteroatoms. The lowest BCUT2D eigenvalue weighted by Crippen LogP contribution is -2.42. The predicted molar refractivity (Wildman–Crippen MR) is 72.5 cm³/mol. The van der Waals surface area contributed by atoms with Gasteiger partial charge in [0.2, 0.25) is 0 Å². The minimum Gasteiger partial charge on any atom is -0.396 e. The average molecular weight is 250 g/mol. The molecule has 0 amide bonds. The molecule has 0 atom stereocenters. The van der Waals surface area contributed by atoms with Gasteiger partial charge in [-0.25, -0.2) is 9.97 Å². The maximum absolute atomic E-state index is 9.03. The van der Waals surface area contributed by atoms with Gasteiger partial charge in [0.1, 0.15) is 18.0 Å². The first-order valence-electron chi connectivity index (χ1n) is 6.74. The Kier molecular flexibility index (Phi) is 4.36. The summed E-state index contributed by atoms with van der Waals surface area (Å²) in [5, 5.41) is 9.03. The predicted octanol–water partition coefficient (Wildman–Crippen LogP) is 1.36. The Hall–Kier alpha value is -1.36. The van der Waals surface area contributed by atoms with Crippen LogP contribution >= 0.6 is 0 Å². The van der Waals surface area contributed by atoms with Crippen LogP contribution in [0.1, 0.15) is 38.2 Å². The highest BCUT2D eigenvalue weighted by atomic mass is 16.3. The molecule has 1 aliphatic rings. The first-order chi connectivity index (χ1) is 8.77. The molecule has 1 heterocycles. The third kappa shape index (κ3) is 2.56. The summed E-state index contributed by atoms with van der Waals surface area (Å²) in [6.45, 7) is 3.12. The van der Waals surface area contributed by atoms with Crippen molar-refractivity contribution < 1.29 is 5.11 Å². The summed E-state index contributed by atoms with van der Waals surface area (Å²) in [6, 6.07) is 0.552. The van der Waals surface area contributed by atoms with E-state index in [9.17, 15) is 0 Å². The molecule has 0 aliphatic heterocycles. The number of anilines is 2. The minimum absolute atomic E-state index is 0.214. The molecular formula is C13H22N4O. The molecule has 1 saturated carbocycles. The molecule has 5 nitrogen and oxygen atoms in total.